The van der Waals surface area contributed by atoms with Gasteiger partial charge in [-0.15, -0.1) is 11.3 Å². The molecular weight excluding hydrogens is 402 g/mol. The molecule has 0 N–H and O–H groups in total. The molecule has 0 radical (unpaired) electrons. The number of thiophene rings is 1. The highest BCUT2D eigenvalue weighted by Gasteiger charge is 2.38. The lowest BCUT2D eigenvalue weighted by Gasteiger charge is -2.32. The van der Waals surface area contributed by atoms with Gasteiger partial charge >= 0.3 is 0 Å². The van der Waals surface area contributed by atoms with Crippen LogP contribution in [0.1, 0.15) is 28.3 Å². The summed E-state index contributed by atoms with van der Waals surface area (Å²) in [6.45, 7) is 0.437. The highest BCUT2D eigenvalue weighted by Crippen LogP contribution is 2.31. The second-order valence-electron chi connectivity index (χ2n) is 7.36. The maximum absolute atomic E-state index is 13.9. The Morgan fingerprint density at radius 3 is 2.07 bits per heavy atom. The average Bonchev–Trinajstić information content (AvgIpc) is 3.37. The minimum absolute atomic E-state index is 0.0421. The molecule has 2 aromatic carbocycles. The summed E-state index contributed by atoms with van der Waals surface area (Å²) in [6, 6.07) is 23.1. The molecule has 0 unspecified atom stereocenters. The lowest BCUT2D eigenvalue weighted by atomic mass is 9.89. The smallest absolute Gasteiger partial charge is 0.235 e. The van der Waals surface area contributed by atoms with Crippen molar-refractivity contribution in [1.29, 1.82) is 0 Å². The molecule has 0 spiro atoms. The number of hydrogen-bond acceptors (Lipinski definition) is 4. The van der Waals surface area contributed by atoms with Gasteiger partial charge in [-0.3, -0.25) is 4.79 Å². The Morgan fingerprint density at radius 2 is 1.59 bits per heavy atom. The molecule has 1 saturated heterocycles. The van der Waals surface area contributed by atoms with E-state index in [9.17, 15) is 13.2 Å². The second kappa shape index (κ2) is 8.51. The molecule has 150 valence electrons. The predicted octanol–water partition coefficient (Wildman–Crippen LogP) is 4.10. The molecule has 1 aromatic heterocycles. The van der Waals surface area contributed by atoms with E-state index in [2.05, 4.69) is 0 Å². The molecule has 1 aliphatic rings. The molecule has 1 atom stereocenters. The summed E-state index contributed by atoms with van der Waals surface area (Å²) >= 11 is 1.59. The van der Waals surface area contributed by atoms with Crippen molar-refractivity contribution in [2.24, 2.45) is 0 Å². The molecule has 29 heavy (non-hydrogen) atoms. The van der Waals surface area contributed by atoms with Crippen molar-refractivity contribution in [2.75, 3.05) is 11.5 Å². The zero-order valence-electron chi connectivity index (χ0n) is 16.0. The van der Waals surface area contributed by atoms with Crippen LogP contribution in [0, 0.1) is 0 Å². The molecule has 1 fully saturated rings. The first-order chi connectivity index (χ1) is 14.0. The Labute approximate surface area is 175 Å². The molecule has 0 bridgehead atoms. The van der Waals surface area contributed by atoms with Crippen molar-refractivity contribution >= 4 is 27.1 Å². The monoisotopic (exact) mass is 425 g/mol. The van der Waals surface area contributed by atoms with Crippen molar-refractivity contribution < 1.29 is 13.2 Å². The van der Waals surface area contributed by atoms with Crippen LogP contribution >= 0.6 is 11.3 Å². The van der Waals surface area contributed by atoms with Crippen LogP contribution in [0.3, 0.4) is 0 Å². The maximum Gasteiger partial charge on any atom is 0.235 e. The first-order valence-corrected chi connectivity index (χ1v) is 12.4. The zero-order chi connectivity index (χ0) is 20.3. The van der Waals surface area contributed by atoms with Crippen molar-refractivity contribution in [1.82, 2.24) is 4.90 Å². The third kappa shape index (κ3) is 4.60. The van der Waals surface area contributed by atoms with Crippen LogP contribution in [0.2, 0.25) is 0 Å². The number of benzene rings is 2. The largest absolute Gasteiger partial charge is 0.333 e. The molecule has 4 nitrogen and oxygen atoms in total. The lowest BCUT2D eigenvalue weighted by Crippen LogP contribution is -2.43. The van der Waals surface area contributed by atoms with Crippen LogP contribution < -0.4 is 0 Å². The fourth-order valence-electron chi connectivity index (χ4n) is 3.91. The van der Waals surface area contributed by atoms with E-state index in [4.69, 9.17) is 0 Å². The molecule has 2 heterocycles. The summed E-state index contributed by atoms with van der Waals surface area (Å²) in [7, 11) is -3.10. The minimum Gasteiger partial charge on any atom is -0.333 e. The molecule has 1 aliphatic heterocycles. The van der Waals surface area contributed by atoms with Crippen LogP contribution in [0.4, 0.5) is 0 Å². The summed E-state index contributed by atoms with van der Waals surface area (Å²) in [5.74, 6) is -0.313. The van der Waals surface area contributed by atoms with Crippen molar-refractivity contribution in [3.63, 3.8) is 0 Å². The molecule has 0 saturated carbocycles. The van der Waals surface area contributed by atoms with Crippen LogP contribution in [0.15, 0.2) is 78.2 Å². The first kappa shape index (κ1) is 19.9. The summed E-state index contributed by atoms with van der Waals surface area (Å²) in [4.78, 5) is 16.8. The zero-order valence-corrected chi connectivity index (χ0v) is 17.6. The molecule has 4 rings (SSSR count). The van der Waals surface area contributed by atoms with E-state index in [0.717, 1.165) is 16.0 Å². The molecule has 0 aliphatic carbocycles. The summed E-state index contributed by atoms with van der Waals surface area (Å²) in [5, 5.41) is 1.98. The lowest BCUT2D eigenvalue weighted by molar-refractivity contribution is -0.134. The Bertz CT molecular complexity index is 1010. The van der Waals surface area contributed by atoms with Crippen molar-refractivity contribution in [2.45, 2.75) is 24.9 Å². The van der Waals surface area contributed by atoms with Gasteiger partial charge in [0.2, 0.25) is 5.91 Å². The normalized spacial score (nSPS) is 18.0. The summed E-state index contributed by atoms with van der Waals surface area (Å²) < 4.78 is 24.3. The average molecular weight is 426 g/mol. The number of rotatable bonds is 6. The highest BCUT2D eigenvalue weighted by atomic mass is 32.2. The van der Waals surface area contributed by atoms with Gasteiger partial charge in [0.1, 0.15) is 0 Å². The SMILES string of the molecule is O=C(C(c1ccccc1)c1ccccc1)N(Cc1cccs1)[C@@H]1CCS(=O)(=O)C1. The number of hydrogen-bond donors (Lipinski definition) is 0. The van der Waals surface area contributed by atoms with Crippen LogP contribution in [-0.2, 0) is 21.2 Å². The predicted molar refractivity (Wildman–Crippen MR) is 117 cm³/mol. The summed E-state index contributed by atoms with van der Waals surface area (Å²) in [5.41, 5.74) is 1.83. The van der Waals surface area contributed by atoms with Crippen LogP contribution in [0.25, 0.3) is 0 Å². The van der Waals surface area contributed by atoms with E-state index in [-0.39, 0.29) is 23.5 Å². The van der Waals surface area contributed by atoms with Gasteiger partial charge in [-0.05, 0) is 29.0 Å². The van der Waals surface area contributed by atoms with E-state index in [0.29, 0.717) is 13.0 Å². The quantitative estimate of drug-likeness (QED) is 0.598. The summed E-state index contributed by atoms with van der Waals surface area (Å²) in [6.07, 6.45) is 0.496. The third-order valence-corrected chi connectivity index (χ3v) is 7.96. The fraction of sp³-hybridized carbons (Fsp3) is 0.261. The van der Waals surface area contributed by atoms with Gasteiger partial charge in [-0.1, -0.05) is 66.7 Å². The van der Waals surface area contributed by atoms with Gasteiger partial charge in [0.05, 0.1) is 24.0 Å². The molecule has 3 aromatic rings. The van der Waals surface area contributed by atoms with E-state index in [1.54, 1.807) is 16.2 Å². The molecule has 6 heteroatoms. The van der Waals surface area contributed by atoms with E-state index in [1.165, 1.54) is 0 Å². The third-order valence-electron chi connectivity index (χ3n) is 5.35. The number of nitrogens with zero attached hydrogens (tertiary/aromatic N) is 1. The van der Waals surface area contributed by atoms with Crippen LogP contribution in [0.5, 0.6) is 0 Å². The van der Waals surface area contributed by atoms with Gasteiger partial charge in [0.15, 0.2) is 9.84 Å². The molecule has 1 amide bonds. The van der Waals surface area contributed by atoms with E-state index in [1.807, 2.05) is 78.2 Å². The van der Waals surface area contributed by atoms with Gasteiger partial charge in [0, 0.05) is 10.9 Å². The van der Waals surface area contributed by atoms with Gasteiger partial charge < -0.3 is 4.90 Å². The molecular formula is C23H23NO3S2. The van der Waals surface area contributed by atoms with E-state index >= 15 is 0 Å². The number of carbonyl (C=O) groups excluding carboxylic acids is 1. The Hall–Kier alpha value is -2.44. The number of carbonyl (C=O) groups is 1. The Kier molecular flexibility index (Phi) is 5.83. The maximum atomic E-state index is 13.9. The topological polar surface area (TPSA) is 54.5 Å². The van der Waals surface area contributed by atoms with Crippen LogP contribution in [-0.4, -0.2) is 36.8 Å². The number of amides is 1. The van der Waals surface area contributed by atoms with Crippen molar-refractivity contribution in [3.8, 4) is 0 Å². The second-order valence-corrected chi connectivity index (χ2v) is 10.6. The standard InChI is InChI=1S/C23H23NO3S2/c25-23(22(18-8-3-1-4-9-18)19-10-5-2-6-11-19)24(16-21-12-7-14-28-21)20-13-15-29(26,27)17-20/h1-12,14,20,22H,13,15-17H2/t20-/m1/s1. The highest BCUT2D eigenvalue weighted by molar-refractivity contribution is 7.91. The van der Waals surface area contributed by atoms with Crippen molar-refractivity contribution in [3.05, 3.63) is 94.2 Å². The Morgan fingerprint density at radius 1 is 0.966 bits per heavy atom. The van der Waals surface area contributed by atoms with E-state index < -0.39 is 15.8 Å². The first-order valence-electron chi connectivity index (χ1n) is 9.67. The minimum atomic E-state index is -3.10. The van der Waals surface area contributed by atoms with Gasteiger partial charge in [0.25, 0.3) is 0 Å². The Balaban J connectivity index is 1.73. The van der Waals surface area contributed by atoms with Gasteiger partial charge in [-0.2, -0.15) is 0 Å². The van der Waals surface area contributed by atoms with Gasteiger partial charge in [-0.25, -0.2) is 8.42 Å². The number of sulfone groups is 1. The fourth-order valence-corrected chi connectivity index (χ4v) is 6.35.